The SMILES string of the molecule is O=C(O)CCCCn1ncn2nc(-c3ccccc3)cc2c1=O. The number of aromatic nitrogens is 4. The van der Waals surface area contributed by atoms with E-state index in [0.29, 0.717) is 30.6 Å². The first kappa shape index (κ1) is 15.0. The zero-order valence-corrected chi connectivity index (χ0v) is 12.4. The maximum Gasteiger partial charge on any atom is 0.303 e. The number of unbranched alkanes of at least 4 members (excludes halogenated alkanes) is 1. The van der Waals surface area contributed by atoms with Gasteiger partial charge in [-0.15, -0.1) is 0 Å². The van der Waals surface area contributed by atoms with Gasteiger partial charge in [0.15, 0.2) is 0 Å². The first-order valence-electron chi connectivity index (χ1n) is 7.38. The van der Waals surface area contributed by atoms with Crippen molar-refractivity contribution >= 4 is 11.5 Å². The fourth-order valence-corrected chi connectivity index (χ4v) is 2.39. The summed E-state index contributed by atoms with van der Waals surface area (Å²) in [5.74, 6) is -0.830. The van der Waals surface area contributed by atoms with E-state index in [9.17, 15) is 9.59 Å². The molecule has 1 N–H and O–H groups in total. The summed E-state index contributed by atoms with van der Waals surface area (Å²) >= 11 is 0. The molecule has 7 nitrogen and oxygen atoms in total. The van der Waals surface area contributed by atoms with Gasteiger partial charge in [-0.3, -0.25) is 9.59 Å². The molecule has 7 heteroatoms. The Hall–Kier alpha value is -2.96. The van der Waals surface area contributed by atoms with Gasteiger partial charge in [0, 0.05) is 18.5 Å². The summed E-state index contributed by atoms with van der Waals surface area (Å²) in [5, 5.41) is 17.1. The Labute approximate surface area is 131 Å². The summed E-state index contributed by atoms with van der Waals surface area (Å²) in [7, 11) is 0. The minimum absolute atomic E-state index is 0.0990. The van der Waals surface area contributed by atoms with Gasteiger partial charge in [-0.2, -0.15) is 10.2 Å². The summed E-state index contributed by atoms with van der Waals surface area (Å²) in [5.41, 5.74) is 1.88. The topological polar surface area (TPSA) is 89.5 Å². The maximum atomic E-state index is 12.4. The van der Waals surface area contributed by atoms with Gasteiger partial charge in [-0.1, -0.05) is 30.3 Å². The van der Waals surface area contributed by atoms with Crippen molar-refractivity contribution in [3.8, 4) is 11.3 Å². The number of aryl methyl sites for hydroxylation is 1. The molecule has 0 aliphatic heterocycles. The lowest BCUT2D eigenvalue weighted by atomic mass is 10.1. The van der Waals surface area contributed by atoms with E-state index in [1.165, 1.54) is 15.5 Å². The minimum Gasteiger partial charge on any atom is -0.481 e. The van der Waals surface area contributed by atoms with Gasteiger partial charge in [-0.05, 0) is 18.9 Å². The van der Waals surface area contributed by atoms with E-state index in [0.717, 1.165) is 5.56 Å². The Bertz CT molecular complexity index is 883. The Kier molecular flexibility index (Phi) is 4.18. The third-order valence-corrected chi connectivity index (χ3v) is 3.57. The van der Waals surface area contributed by atoms with Crippen LogP contribution in [0.3, 0.4) is 0 Å². The average molecular weight is 312 g/mol. The quantitative estimate of drug-likeness (QED) is 0.701. The molecule has 0 bridgehead atoms. The lowest BCUT2D eigenvalue weighted by Gasteiger charge is -2.03. The van der Waals surface area contributed by atoms with E-state index < -0.39 is 5.97 Å². The molecule has 0 spiro atoms. The molecule has 118 valence electrons. The molecule has 1 aromatic carbocycles. The first-order valence-corrected chi connectivity index (χ1v) is 7.38. The normalized spacial score (nSPS) is 11.0. The molecule has 2 heterocycles. The van der Waals surface area contributed by atoms with Gasteiger partial charge >= 0.3 is 5.97 Å². The van der Waals surface area contributed by atoms with Gasteiger partial charge in [0.2, 0.25) is 0 Å². The van der Waals surface area contributed by atoms with Gasteiger partial charge in [-0.25, -0.2) is 9.20 Å². The molecule has 0 unspecified atom stereocenters. The molecule has 0 saturated heterocycles. The molecular weight excluding hydrogens is 296 g/mol. The number of nitrogens with zero attached hydrogens (tertiary/aromatic N) is 4. The summed E-state index contributed by atoms with van der Waals surface area (Å²) in [6, 6.07) is 11.4. The van der Waals surface area contributed by atoms with E-state index in [-0.39, 0.29) is 12.0 Å². The standard InChI is InChI=1S/C16H16N4O3/c21-15(22)8-4-5-9-19-16(23)14-10-13(18-20(14)11-17-19)12-6-2-1-3-7-12/h1-3,6-7,10-11H,4-5,8-9H2,(H,21,22). The Balaban J connectivity index is 1.84. The molecule has 0 radical (unpaired) electrons. The molecule has 23 heavy (non-hydrogen) atoms. The van der Waals surface area contributed by atoms with Crippen molar-refractivity contribution in [3.63, 3.8) is 0 Å². The van der Waals surface area contributed by atoms with Crippen molar-refractivity contribution < 1.29 is 9.90 Å². The van der Waals surface area contributed by atoms with E-state index in [1.807, 2.05) is 30.3 Å². The number of aliphatic carboxylic acids is 1. The van der Waals surface area contributed by atoms with Crippen molar-refractivity contribution in [2.24, 2.45) is 0 Å². The van der Waals surface area contributed by atoms with Crippen LogP contribution in [0.25, 0.3) is 16.8 Å². The second kappa shape index (κ2) is 6.43. The summed E-state index contributed by atoms with van der Waals surface area (Å²) in [6.07, 6.45) is 2.71. The predicted molar refractivity (Wildman–Crippen MR) is 84.2 cm³/mol. The van der Waals surface area contributed by atoms with Crippen LogP contribution in [0.15, 0.2) is 47.5 Å². The van der Waals surface area contributed by atoms with Crippen LogP contribution in [0.1, 0.15) is 19.3 Å². The van der Waals surface area contributed by atoms with E-state index in [1.54, 1.807) is 6.07 Å². The number of hydrogen-bond acceptors (Lipinski definition) is 4. The largest absolute Gasteiger partial charge is 0.481 e. The highest BCUT2D eigenvalue weighted by Gasteiger charge is 2.09. The van der Waals surface area contributed by atoms with Crippen LogP contribution in [0.5, 0.6) is 0 Å². The van der Waals surface area contributed by atoms with E-state index in [4.69, 9.17) is 5.11 Å². The fourth-order valence-electron chi connectivity index (χ4n) is 2.39. The van der Waals surface area contributed by atoms with E-state index in [2.05, 4.69) is 10.2 Å². The smallest absolute Gasteiger partial charge is 0.303 e. The molecule has 0 amide bonds. The Morgan fingerprint density at radius 3 is 2.70 bits per heavy atom. The lowest BCUT2D eigenvalue weighted by molar-refractivity contribution is -0.137. The van der Waals surface area contributed by atoms with Crippen molar-refractivity contribution in [2.75, 3.05) is 0 Å². The predicted octanol–water partition coefficient (Wildman–Crippen LogP) is 1.81. The van der Waals surface area contributed by atoms with Crippen molar-refractivity contribution in [1.82, 2.24) is 19.4 Å². The molecule has 3 rings (SSSR count). The number of carboxylic acid groups (broad SMARTS) is 1. The number of hydrogen-bond donors (Lipinski definition) is 1. The van der Waals surface area contributed by atoms with Gasteiger partial charge in [0.1, 0.15) is 11.8 Å². The van der Waals surface area contributed by atoms with Gasteiger partial charge in [0.25, 0.3) is 5.56 Å². The van der Waals surface area contributed by atoms with Crippen molar-refractivity contribution in [1.29, 1.82) is 0 Å². The fraction of sp³-hybridized carbons (Fsp3) is 0.250. The Morgan fingerprint density at radius 1 is 1.17 bits per heavy atom. The lowest BCUT2D eigenvalue weighted by Crippen LogP contribution is -2.24. The molecule has 3 aromatic rings. The van der Waals surface area contributed by atoms with Crippen LogP contribution in [0, 0.1) is 0 Å². The van der Waals surface area contributed by atoms with Crippen LogP contribution in [0.4, 0.5) is 0 Å². The summed E-state index contributed by atoms with van der Waals surface area (Å²) in [4.78, 5) is 22.9. The number of rotatable bonds is 6. The Morgan fingerprint density at radius 2 is 1.96 bits per heavy atom. The van der Waals surface area contributed by atoms with Crippen molar-refractivity contribution in [2.45, 2.75) is 25.8 Å². The first-order chi connectivity index (χ1) is 11.1. The number of benzene rings is 1. The summed E-state index contributed by atoms with van der Waals surface area (Å²) in [6.45, 7) is 0.397. The molecule has 2 aromatic heterocycles. The highest BCUT2D eigenvalue weighted by Crippen LogP contribution is 2.17. The molecule has 0 atom stereocenters. The molecular formula is C16H16N4O3. The zero-order valence-electron chi connectivity index (χ0n) is 12.4. The highest BCUT2D eigenvalue weighted by atomic mass is 16.4. The molecule has 0 aliphatic rings. The van der Waals surface area contributed by atoms with Gasteiger partial charge < -0.3 is 5.11 Å². The molecule has 0 aliphatic carbocycles. The van der Waals surface area contributed by atoms with Crippen molar-refractivity contribution in [3.05, 3.63) is 53.1 Å². The third kappa shape index (κ3) is 3.28. The monoisotopic (exact) mass is 312 g/mol. The maximum absolute atomic E-state index is 12.4. The van der Waals surface area contributed by atoms with Crippen LogP contribution in [-0.2, 0) is 11.3 Å². The number of carbonyl (C=O) groups is 1. The average Bonchev–Trinajstić information content (AvgIpc) is 2.99. The second-order valence-corrected chi connectivity index (χ2v) is 5.24. The number of fused-ring (bicyclic) bond motifs is 1. The van der Waals surface area contributed by atoms with E-state index >= 15 is 0 Å². The van der Waals surface area contributed by atoms with Gasteiger partial charge in [0.05, 0.1) is 5.69 Å². The van der Waals surface area contributed by atoms with Crippen LogP contribution < -0.4 is 5.56 Å². The third-order valence-electron chi connectivity index (χ3n) is 3.57. The molecule has 0 saturated carbocycles. The number of carboxylic acids is 1. The zero-order chi connectivity index (χ0) is 16.2. The van der Waals surface area contributed by atoms with Crippen LogP contribution in [-0.4, -0.2) is 30.5 Å². The highest BCUT2D eigenvalue weighted by molar-refractivity contribution is 5.66. The second-order valence-electron chi connectivity index (χ2n) is 5.24. The minimum atomic E-state index is -0.830. The summed E-state index contributed by atoms with van der Waals surface area (Å²) < 4.78 is 2.83. The van der Waals surface area contributed by atoms with Crippen LogP contribution >= 0.6 is 0 Å². The van der Waals surface area contributed by atoms with Crippen LogP contribution in [0.2, 0.25) is 0 Å². The molecule has 0 fully saturated rings.